The SMILES string of the molecule is O=C(O)/C=C/c1cccc(Cl)c1N1CCCS(=O)(=O)CC1. The molecule has 1 aliphatic rings. The number of hydrogen-bond donors (Lipinski definition) is 1. The largest absolute Gasteiger partial charge is 0.478 e. The Morgan fingerprint density at radius 2 is 2.05 bits per heavy atom. The summed E-state index contributed by atoms with van der Waals surface area (Å²) >= 11 is 6.23. The number of anilines is 1. The van der Waals surface area contributed by atoms with Gasteiger partial charge in [0, 0.05) is 19.2 Å². The lowest BCUT2D eigenvalue weighted by molar-refractivity contribution is -0.131. The second kappa shape index (κ2) is 6.49. The van der Waals surface area contributed by atoms with E-state index in [-0.39, 0.29) is 11.5 Å². The zero-order chi connectivity index (χ0) is 15.5. The molecule has 1 aromatic rings. The molecule has 21 heavy (non-hydrogen) atoms. The maximum Gasteiger partial charge on any atom is 0.328 e. The van der Waals surface area contributed by atoms with E-state index in [1.807, 2.05) is 4.90 Å². The zero-order valence-corrected chi connectivity index (χ0v) is 12.9. The van der Waals surface area contributed by atoms with Crippen molar-refractivity contribution in [3.8, 4) is 0 Å². The molecule has 0 aliphatic carbocycles. The molecule has 114 valence electrons. The lowest BCUT2D eigenvalue weighted by atomic mass is 10.1. The molecule has 7 heteroatoms. The molecule has 1 N–H and O–H groups in total. The third-order valence-electron chi connectivity index (χ3n) is 3.30. The number of carboxylic acids is 1. The molecule has 0 radical (unpaired) electrons. The van der Waals surface area contributed by atoms with Gasteiger partial charge in [-0.25, -0.2) is 13.2 Å². The van der Waals surface area contributed by atoms with E-state index in [2.05, 4.69) is 0 Å². The first-order chi connectivity index (χ1) is 9.89. The molecule has 0 bridgehead atoms. The van der Waals surface area contributed by atoms with Gasteiger partial charge in [-0.15, -0.1) is 0 Å². The topological polar surface area (TPSA) is 74.7 Å². The third-order valence-corrected chi connectivity index (χ3v) is 5.32. The minimum atomic E-state index is -3.01. The molecule has 1 aliphatic heterocycles. The van der Waals surface area contributed by atoms with E-state index in [9.17, 15) is 13.2 Å². The molecule has 0 spiro atoms. The monoisotopic (exact) mass is 329 g/mol. The minimum Gasteiger partial charge on any atom is -0.478 e. The van der Waals surface area contributed by atoms with E-state index in [1.165, 1.54) is 6.08 Å². The molecule has 5 nitrogen and oxygen atoms in total. The van der Waals surface area contributed by atoms with Crippen LogP contribution in [0.5, 0.6) is 0 Å². The highest BCUT2D eigenvalue weighted by atomic mass is 35.5. The number of carbonyl (C=O) groups is 1. The normalized spacial score (nSPS) is 18.6. The molecular weight excluding hydrogens is 314 g/mol. The van der Waals surface area contributed by atoms with Crippen LogP contribution < -0.4 is 4.90 Å². The average molecular weight is 330 g/mol. The molecule has 0 atom stereocenters. The number of halogens is 1. The molecule has 0 aromatic heterocycles. The van der Waals surface area contributed by atoms with Crippen molar-refractivity contribution in [1.82, 2.24) is 0 Å². The fourth-order valence-corrected chi connectivity index (χ4v) is 3.90. The number of aliphatic carboxylic acids is 1. The number of para-hydroxylation sites is 1. The van der Waals surface area contributed by atoms with Crippen molar-refractivity contribution < 1.29 is 18.3 Å². The van der Waals surface area contributed by atoms with Gasteiger partial charge in [0.2, 0.25) is 0 Å². The summed E-state index contributed by atoms with van der Waals surface area (Å²) in [7, 11) is -3.01. The smallest absolute Gasteiger partial charge is 0.328 e. The van der Waals surface area contributed by atoms with Crippen molar-refractivity contribution in [2.45, 2.75) is 6.42 Å². The van der Waals surface area contributed by atoms with Gasteiger partial charge in [-0.1, -0.05) is 23.7 Å². The second-order valence-corrected chi connectivity index (χ2v) is 7.55. The van der Waals surface area contributed by atoms with Crippen LogP contribution in [0, 0.1) is 0 Å². The summed E-state index contributed by atoms with van der Waals surface area (Å²) in [6.45, 7) is 0.941. The fraction of sp³-hybridized carbons (Fsp3) is 0.357. The Kier molecular flexibility index (Phi) is 4.90. The summed E-state index contributed by atoms with van der Waals surface area (Å²) in [5.74, 6) is -0.784. The molecule has 0 amide bonds. The lowest BCUT2D eigenvalue weighted by Gasteiger charge is -2.25. The van der Waals surface area contributed by atoms with Gasteiger partial charge in [0.15, 0.2) is 9.84 Å². The maximum absolute atomic E-state index is 11.7. The Labute approximate surface area is 128 Å². The first kappa shape index (κ1) is 15.9. The van der Waals surface area contributed by atoms with Gasteiger partial charge in [-0.3, -0.25) is 0 Å². The van der Waals surface area contributed by atoms with E-state index in [4.69, 9.17) is 16.7 Å². The van der Waals surface area contributed by atoms with Crippen LogP contribution >= 0.6 is 11.6 Å². The van der Waals surface area contributed by atoms with Crippen molar-refractivity contribution >= 4 is 39.2 Å². The minimum absolute atomic E-state index is 0.0836. The van der Waals surface area contributed by atoms with Crippen LogP contribution in [0.25, 0.3) is 6.08 Å². The van der Waals surface area contributed by atoms with Gasteiger partial charge < -0.3 is 10.0 Å². The Balaban J connectivity index is 2.36. The molecule has 0 unspecified atom stereocenters. The lowest BCUT2D eigenvalue weighted by Crippen LogP contribution is -2.27. The van der Waals surface area contributed by atoms with E-state index >= 15 is 0 Å². The molecule has 2 rings (SSSR count). The first-order valence-corrected chi connectivity index (χ1v) is 8.74. The van der Waals surface area contributed by atoms with Crippen LogP contribution in [0.4, 0.5) is 5.69 Å². The standard InChI is InChI=1S/C14H16ClNO4S/c15-12-4-1-3-11(5-6-13(17)18)14(12)16-7-2-9-21(19,20)10-8-16/h1,3-6H,2,7-10H2,(H,17,18)/b6-5+. The Morgan fingerprint density at radius 1 is 1.29 bits per heavy atom. The number of carboxylic acid groups (broad SMARTS) is 1. The van der Waals surface area contributed by atoms with Gasteiger partial charge in [0.1, 0.15) is 0 Å². The highest BCUT2D eigenvalue weighted by molar-refractivity contribution is 7.91. The van der Waals surface area contributed by atoms with Crippen LogP contribution in [0.2, 0.25) is 5.02 Å². The highest BCUT2D eigenvalue weighted by Gasteiger charge is 2.22. The summed E-state index contributed by atoms with van der Waals surface area (Å²) in [6.07, 6.45) is 3.06. The van der Waals surface area contributed by atoms with Gasteiger partial charge in [0.05, 0.1) is 22.2 Å². The molecular formula is C14H16ClNO4S. The third kappa shape index (κ3) is 4.22. The Hall–Kier alpha value is -1.53. The van der Waals surface area contributed by atoms with E-state index in [1.54, 1.807) is 18.2 Å². The van der Waals surface area contributed by atoms with E-state index in [0.717, 1.165) is 6.08 Å². The number of nitrogens with zero attached hydrogens (tertiary/aromatic N) is 1. The number of sulfone groups is 1. The van der Waals surface area contributed by atoms with E-state index in [0.29, 0.717) is 35.8 Å². The number of hydrogen-bond acceptors (Lipinski definition) is 4. The predicted molar refractivity (Wildman–Crippen MR) is 83.6 cm³/mol. The summed E-state index contributed by atoms with van der Waals surface area (Å²) in [5.41, 5.74) is 1.36. The average Bonchev–Trinajstić information content (AvgIpc) is 2.57. The summed E-state index contributed by atoms with van der Waals surface area (Å²) in [4.78, 5) is 12.6. The van der Waals surface area contributed by atoms with Crippen LogP contribution in [0.1, 0.15) is 12.0 Å². The van der Waals surface area contributed by atoms with Gasteiger partial charge >= 0.3 is 5.97 Å². The zero-order valence-electron chi connectivity index (χ0n) is 11.3. The van der Waals surface area contributed by atoms with Gasteiger partial charge in [-0.2, -0.15) is 0 Å². The quantitative estimate of drug-likeness (QED) is 0.859. The van der Waals surface area contributed by atoms with Crippen LogP contribution in [0.15, 0.2) is 24.3 Å². The van der Waals surface area contributed by atoms with Crippen molar-refractivity contribution in [2.75, 3.05) is 29.5 Å². The van der Waals surface area contributed by atoms with Crippen molar-refractivity contribution in [1.29, 1.82) is 0 Å². The highest BCUT2D eigenvalue weighted by Crippen LogP contribution is 2.31. The van der Waals surface area contributed by atoms with Gasteiger partial charge in [0.25, 0.3) is 0 Å². The van der Waals surface area contributed by atoms with Crippen LogP contribution in [-0.4, -0.2) is 44.1 Å². The summed E-state index contributed by atoms with van der Waals surface area (Å²) < 4.78 is 23.4. The Bertz CT molecular complexity index is 670. The van der Waals surface area contributed by atoms with Crippen molar-refractivity contribution in [3.63, 3.8) is 0 Å². The second-order valence-electron chi connectivity index (χ2n) is 4.84. The van der Waals surface area contributed by atoms with Crippen LogP contribution in [-0.2, 0) is 14.6 Å². The molecule has 1 heterocycles. The van der Waals surface area contributed by atoms with Crippen molar-refractivity contribution in [2.24, 2.45) is 0 Å². The maximum atomic E-state index is 11.7. The van der Waals surface area contributed by atoms with Crippen molar-refractivity contribution in [3.05, 3.63) is 34.9 Å². The number of rotatable bonds is 3. The summed E-state index contributed by atoms with van der Waals surface area (Å²) in [6, 6.07) is 5.22. The molecule has 1 fully saturated rings. The predicted octanol–water partition coefficient (Wildman–Crippen LogP) is 2.06. The Morgan fingerprint density at radius 3 is 2.76 bits per heavy atom. The number of benzene rings is 1. The molecule has 1 aromatic carbocycles. The van der Waals surface area contributed by atoms with E-state index < -0.39 is 15.8 Å². The molecule has 0 saturated carbocycles. The summed E-state index contributed by atoms with van der Waals surface area (Å²) in [5, 5.41) is 9.23. The van der Waals surface area contributed by atoms with Crippen LogP contribution in [0.3, 0.4) is 0 Å². The van der Waals surface area contributed by atoms with Gasteiger partial charge in [-0.05, 0) is 24.1 Å². The fourth-order valence-electron chi connectivity index (χ4n) is 2.32. The molecule has 1 saturated heterocycles. The first-order valence-electron chi connectivity index (χ1n) is 6.54.